The van der Waals surface area contributed by atoms with Crippen molar-refractivity contribution in [1.29, 1.82) is 0 Å². The van der Waals surface area contributed by atoms with Gasteiger partial charge in [-0.2, -0.15) is 0 Å². The van der Waals surface area contributed by atoms with Crippen molar-refractivity contribution in [1.82, 2.24) is 9.80 Å². The molecule has 1 aliphatic rings. The summed E-state index contributed by atoms with van der Waals surface area (Å²) >= 11 is 0. The van der Waals surface area contributed by atoms with Gasteiger partial charge in [-0.15, -0.1) is 0 Å². The summed E-state index contributed by atoms with van der Waals surface area (Å²) in [5, 5.41) is 0. The molecule has 7 nitrogen and oxygen atoms in total. The molecule has 3 aromatic carbocycles. The summed E-state index contributed by atoms with van der Waals surface area (Å²) in [5.74, 6) is -0.631. The Morgan fingerprint density at radius 3 is 2.28 bits per heavy atom. The summed E-state index contributed by atoms with van der Waals surface area (Å²) in [6.45, 7) is 4.55. The molecule has 1 heterocycles. The molecule has 0 N–H and O–H groups in total. The first kappa shape index (κ1) is 25.7. The minimum Gasteiger partial charge on any atom is -0.495 e. The molecule has 3 aromatic rings. The van der Waals surface area contributed by atoms with Crippen molar-refractivity contribution in [3.8, 4) is 5.75 Å². The van der Waals surface area contributed by atoms with Crippen molar-refractivity contribution < 1.29 is 22.3 Å². The molecule has 190 valence electrons. The summed E-state index contributed by atoms with van der Waals surface area (Å²) < 4.78 is 47.5. The average Bonchev–Trinajstić information content (AvgIpc) is 2.88. The molecule has 0 radical (unpaired) electrons. The number of methoxy groups -OCH3 is 1. The molecular weight excluding hydrogens is 481 g/mol. The number of hydrogen-bond donors (Lipinski definition) is 0. The molecule has 1 fully saturated rings. The van der Waals surface area contributed by atoms with Gasteiger partial charge in [0.25, 0.3) is 10.0 Å². The highest BCUT2D eigenvalue weighted by molar-refractivity contribution is 7.93. The fourth-order valence-corrected chi connectivity index (χ4v) is 5.90. The van der Waals surface area contributed by atoms with Crippen LogP contribution in [0.5, 0.6) is 5.75 Å². The number of sulfonamides is 1. The molecule has 0 unspecified atom stereocenters. The number of aryl methyl sites for hydroxylation is 1. The zero-order valence-corrected chi connectivity index (χ0v) is 21.2. The molecule has 0 aliphatic carbocycles. The first-order chi connectivity index (χ1) is 17.3. The minimum absolute atomic E-state index is 0.0465. The van der Waals surface area contributed by atoms with Crippen LogP contribution in [0.2, 0.25) is 0 Å². The van der Waals surface area contributed by atoms with Crippen LogP contribution in [0.25, 0.3) is 0 Å². The van der Waals surface area contributed by atoms with Crippen LogP contribution in [0.1, 0.15) is 11.1 Å². The Morgan fingerprint density at radius 2 is 1.64 bits per heavy atom. The number of piperazine rings is 1. The predicted molar refractivity (Wildman–Crippen MR) is 137 cm³/mol. The summed E-state index contributed by atoms with van der Waals surface area (Å²) in [5.41, 5.74) is 2.14. The van der Waals surface area contributed by atoms with Gasteiger partial charge < -0.3 is 9.64 Å². The molecule has 0 bridgehead atoms. The topological polar surface area (TPSA) is 70.2 Å². The molecule has 1 saturated heterocycles. The first-order valence-electron chi connectivity index (χ1n) is 11.7. The van der Waals surface area contributed by atoms with E-state index in [0.717, 1.165) is 16.4 Å². The lowest BCUT2D eigenvalue weighted by Crippen LogP contribution is -2.51. The highest BCUT2D eigenvalue weighted by Gasteiger charge is 2.32. The summed E-state index contributed by atoms with van der Waals surface area (Å²) in [6.07, 6.45) is 0. The van der Waals surface area contributed by atoms with Gasteiger partial charge in [0.2, 0.25) is 5.91 Å². The molecule has 0 spiro atoms. The van der Waals surface area contributed by atoms with Gasteiger partial charge in [0.05, 0.1) is 12.8 Å². The van der Waals surface area contributed by atoms with Gasteiger partial charge in [-0.25, -0.2) is 12.8 Å². The van der Waals surface area contributed by atoms with Crippen molar-refractivity contribution in [3.05, 3.63) is 89.7 Å². The lowest BCUT2D eigenvalue weighted by Gasteiger charge is -2.36. The normalized spacial score (nSPS) is 14.5. The third-order valence-electron chi connectivity index (χ3n) is 6.25. The number of carbonyl (C=O) groups is 1. The molecule has 4 rings (SSSR count). The minimum atomic E-state index is -4.19. The van der Waals surface area contributed by atoms with Gasteiger partial charge in [-0.1, -0.05) is 36.4 Å². The molecule has 1 amide bonds. The largest absolute Gasteiger partial charge is 0.495 e. The maximum Gasteiger partial charge on any atom is 0.268 e. The number of amides is 1. The quantitative estimate of drug-likeness (QED) is 0.462. The van der Waals surface area contributed by atoms with E-state index in [2.05, 4.69) is 17.0 Å². The zero-order chi connectivity index (χ0) is 25.7. The summed E-state index contributed by atoms with van der Waals surface area (Å²) in [6, 6.07) is 20.1. The van der Waals surface area contributed by atoms with E-state index in [4.69, 9.17) is 4.74 Å². The standard InChI is InChI=1S/C27H30FN3O4S/c1-21-8-13-25(35-2)26(18-21)36(33,34)31(24-11-9-23(28)10-12-24)20-27(32)30-16-14-29(15-17-30)19-22-6-4-3-5-7-22/h3-13,18H,14-17,19-20H2,1-2H3. The number of benzene rings is 3. The van der Waals surface area contributed by atoms with Gasteiger partial charge in [0, 0.05) is 32.7 Å². The van der Waals surface area contributed by atoms with E-state index in [-0.39, 0.29) is 22.2 Å². The number of ether oxygens (including phenoxy) is 1. The van der Waals surface area contributed by atoms with E-state index in [0.29, 0.717) is 26.2 Å². The van der Waals surface area contributed by atoms with Crippen LogP contribution < -0.4 is 9.04 Å². The van der Waals surface area contributed by atoms with Crippen LogP contribution in [-0.2, 0) is 21.4 Å². The van der Waals surface area contributed by atoms with Crippen LogP contribution in [0.15, 0.2) is 77.7 Å². The molecule has 0 saturated carbocycles. The van der Waals surface area contributed by atoms with E-state index < -0.39 is 22.4 Å². The molecule has 36 heavy (non-hydrogen) atoms. The Kier molecular flexibility index (Phi) is 7.91. The lowest BCUT2D eigenvalue weighted by molar-refractivity contribution is -0.131. The molecule has 0 aromatic heterocycles. The van der Waals surface area contributed by atoms with Crippen LogP contribution in [0, 0.1) is 12.7 Å². The monoisotopic (exact) mass is 511 g/mol. The summed E-state index contributed by atoms with van der Waals surface area (Å²) in [7, 11) is -2.79. The predicted octanol–water partition coefficient (Wildman–Crippen LogP) is 3.68. The van der Waals surface area contributed by atoms with Crippen molar-refractivity contribution in [2.75, 3.05) is 44.1 Å². The highest BCUT2D eigenvalue weighted by atomic mass is 32.2. The van der Waals surface area contributed by atoms with Crippen LogP contribution in [-0.4, -0.2) is 64.0 Å². The Balaban J connectivity index is 1.54. The Morgan fingerprint density at radius 1 is 0.972 bits per heavy atom. The maximum absolute atomic E-state index is 13.8. The maximum atomic E-state index is 13.8. The van der Waals surface area contributed by atoms with Crippen molar-refractivity contribution in [2.24, 2.45) is 0 Å². The van der Waals surface area contributed by atoms with Gasteiger partial charge in [0.15, 0.2) is 0 Å². The number of halogens is 1. The van der Waals surface area contributed by atoms with Crippen LogP contribution in [0.4, 0.5) is 10.1 Å². The van der Waals surface area contributed by atoms with E-state index in [9.17, 15) is 17.6 Å². The number of carbonyl (C=O) groups excluding carboxylic acids is 1. The van der Waals surface area contributed by atoms with Gasteiger partial charge >= 0.3 is 0 Å². The third-order valence-corrected chi connectivity index (χ3v) is 8.05. The van der Waals surface area contributed by atoms with Crippen LogP contribution >= 0.6 is 0 Å². The smallest absolute Gasteiger partial charge is 0.268 e. The summed E-state index contributed by atoms with van der Waals surface area (Å²) in [4.78, 5) is 17.2. The average molecular weight is 512 g/mol. The lowest BCUT2D eigenvalue weighted by atomic mass is 10.2. The van der Waals surface area contributed by atoms with E-state index in [1.807, 2.05) is 18.2 Å². The highest BCUT2D eigenvalue weighted by Crippen LogP contribution is 2.31. The SMILES string of the molecule is COc1ccc(C)cc1S(=O)(=O)N(CC(=O)N1CCN(Cc2ccccc2)CC1)c1ccc(F)cc1. The van der Waals surface area contributed by atoms with Gasteiger partial charge in [0.1, 0.15) is 23.0 Å². The number of rotatable bonds is 8. The fraction of sp³-hybridized carbons (Fsp3) is 0.296. The first-order valence-corrected chi connectivity index (χ1v) is 13.2. The third kappa shape index (κ3) is 5.85. The fourth-order valence-electron chi connectivity index (χ4n) is 4.25. The van der Waals surface area contributed by atoms with E-state index in [1.165, 1.54) is 43.0 Å². The second-order valence-electron chi connectivity index (χ2n) is 8.78. The second-order valence-corrected chi connectivity index (χ2v) is 10.6. The van der Waals surface area contributed by atoms with Gasteiger partial charge in [-0.05, 0) is 54.4 Å². The van der Waals surface area contributed by atoms with Gasteiger partial charge in [-0.3, -0.25) is 14.0 Å². The van der Waals surface area contributed by atoms with Crippen LogP contribution in [0.3, 0.4) is 0 Å². The number of hydrogen-bond acceptors (Lipinski definition) is 5. The molecule has 1 aliphatic heterocycles. The molecule has 9 heteroatoms. The second kappa shape index (κ2) is 11.1. The zero-order valence-electron chi connectivity index (χ0n) is 20.4. The molecular formula is C27H30FN3O4S. The van der Waals surface area contributed by atoms with E-state index >= 15 is 0 Å². The number of anilines is 1. The van der Waals surface area contributed by atoms with Crippen molar-refractivity contribution >= 4 is 21.6 Å². The number of nitrogens with zero attached hydrogens (tertiary/aromatic N) is 3. The van der Waals surface area contributed by atoms with Crippen molar-refractivity contribution in [3.63, 3.8) is 0 Å². The Bertz CT molecular complexity index is 1290. The Hall–Kier alpha value is -3.43. The molecule has 0 atom stereocenters. The van der Waals surface area contributed by atoms with Crippen molar-refractivity contribution in [2.45, 2.75) is 18.4 Å². The van der Waals surface area contributed by atoms with E-state index in [1.54, 1.807) is 24.0 Å². The Labute approximate surface area is 211 Å².